The molecule has 0 aliphatic heterocycles. The molecule has 0 aliphatic carbocycles. The molecule has 0 bridgehead atoms. The molecule has 0 spiro atoms. The molecule has 0 radical (unpaired) electrons. The maximum atomic E-state index is 4.95. The molecule has 0 aliphatic rings. The van der Waals surface area contributed by atoms with Gasteiger partial charge in [-0.05, 0) is 21.0 Å². The van der Waals surface area contributed by atoms with Gasteiger partial charge in [0.25, 0.3) is 0 Å². The van der Waals surface area contributed by atoms with E-state index < -0.39 is 0 Å². The summed E-state index contributed by atoms with van der Waals surface area (Å²) in [6, 6.07) is 0. The minimum Gasteiger partial charge on any atom is -0.330 e. The average Bonchev–Trinajstić information content (AvgIpc) is 2.50. The minimum atomic E-state index is 0.684. The Morgan fingerprint density at radius 3 is 2.43 bits per heavy atom. The van der Waals surface area contributed by atoms with Gasteiger partial charge in [-0.15, -0.1) is 11.3 Å². The summed E-state index contributed by atoms with van der Waals surface area (Å²) in [6.07, 6.45) is 0. The number of thiazole rings is 1. The topological polar surface area (TPSA) is 42.2 Å². The molecule has 2 N–H and O–H groups in total. The molecule has 1 aromatic heterocycles. The average molecular weight is 233 g/mol. The highest BCUT2D eigenvalue weighted by atomic mass is 32.1. The smallest absolute Gasteiger partial charge is 0.107 e. The zero-order valence-electron chi connectivity index (χ0n) is 9.03. The van der Waals surface area contributed by atoms with Gasteiger partial charge in [0.2, 0.25) is 0 Å². The van der Waals surface area contributed by atoms with Crippen molar-refractivity contribution < 1.29 is 0 Å². The summed E-state index contributed by atoms with van der Waals surface area (Å²) in [5.41, 5.74) is 6.08. The molecule has 1 heterocycles. The second-order valence-electron chi connectivity index (χ2n) is 3.13. The number of hydrogen-bond acceptors (Lipinski definition) is 5. The van der Waals surface area contributed by atoms with Crippen LogP contribution in [-0.4, -0.2) is 36.3 Å². The maximum absolute atomic E-state index is 4.95. The molecule has 0 fully saturated rings. The number of rotatable bonds is 3. The van der Waals surface area contributed by atoms with Gasteiger partial charge in [0.05, 0.1) is 0 Å². The number of thiol groups is 1. The molecule has 0 saturated carbocycles. The van der Waals surface area contributed by atoms with Crippen molar-refractivity contribution in [1.29, 1.82) is 0 Å². The van der Waals surface area contributed by atoms with E-state index in [-0.39, 0.29) is 0 Å². The number of aromatic nitrogens is 1. The van der Waals surface area contributed by atoms with Crippen LogP contribution in [0.25, 0.3) is 0 Å². The molecular formula is C9H19N3S2. The van der Waals surface area contributed by atoms with Crippen molar-refractivity contribution in [3.05, 3.63) is 16.1 Å². The summed E-state index contributed by atoms with van der Waals surface area (Å²) < 4.78 is 0. The lowest BCUT2D eigenvalue weighted by Gasteiger charge is -2.04. The van der Waals surface area contributed by atoms with Gasteiger partial charge in [0.15, 0.2) is 0 Å². The molecule has 0 saturated heterocycles. The van der Waals surface area contributed by atoms with E-state index in [0.29, 0.717) is 6.54 Å². The highest BCUT2D eigenvalue weighted by Crippen LogP contribution is 2.09. The Morgan fingerprint density at radius 1 is 1.57 bits per heavy atom. The number of nitrogens with two attached hydrogens (primary N) is 1. The van der Waals surface area contributed by atoms with Gasteiger partial charge >= 0.3 is 0 Å². The Kier molecular flexibility index (Phi) is 8.17. The molecule has 3 nitrogen and oxygen atoms in total. The standard InChI is InChI=1S/C7H12N2S.C2H7NS/c1-6-5-10-7(8-6)4-9(2)3;3-1-2-4/h5H,4H2,1-3H3;4H,1-3H2. The number of hydrogen-bond donors (Lipinski definition) is 2. The summed E-state index contributed by atoms with van der Waals surface area (Å²) in [4.78, 5) is 6.45. The molecule has 14 heavy (non-hydrogen) atoms. The van der Waals surface area contributed by atoms with E-state index in [1.165, 1.54) is 5.01 Å². The first-order chi connectivity index (χ1) is 6.60. The van der Waals surface area contributed by atoms with Crippen molar-refractivity contribution in [3.8, 4) is 0 Å². The fourth-order valence-corrected chi connectivity index (χ4v) is 1.63. The van der Waals surface area contributed by atoms with Crippen molar-refractivity contribution in [2.45, 2.75) is 13.5 Å². The van der Waals surface area contributed by atoms with Crippen LogP contribution in [0.2, 0.25) is 0 Å². The fourth-order valence-electron chi connectivity index (χ4n) is 0.746. The lowest BCUT2D eigenvalue weighted by Crippen LogP contribution is -2.10. The van der Waals surface area contributed by atoms with Gasteiger partial charge < -0.3 is 10.6 Å². The van der Waals surface area contributed by atoms with Crippen molar-refractivity contribution in [2.24, 2.45) is 5.73 Å². The Hall–Kier alpha value is -0.100. The molecule has 5 heteroatoms. The largest absolute Gasteiger partial charge is 0.330 e. The fraction of sp³-hybridized carbons (Fsp3) is 0.667. The van der Waals surface area contributed by atoms with Gasteiger partial charge in [0, 0.05) is 29.9 Å². The van der Waals surface area contributed by atoms with Crippen LogP contribution in [0, 0.1) is 6.92 Å². The summed E-state index contributed by atoms with van der Waals surface area (Å²) in [5, 5.41) is 3.28. The predicted molar refractivity (Wildman–Crippen MR) is 67.1 cm³/mol. The first kappa shape index (κ1) is 13.9. The Bertz CT molecular complexity index is 234. The zero-order valence-corrected chi connectivity index (χ0v) is 10.7. The van der Waals surface area contributed by atoms with Crippen molar-refractivity contribution >= 4 is 24.0 Å². The van der Waals surface area contributed by atoms with Gasteiger partial charge in [0.1, 0.15) is 5.01 Å². The van der Waals surface area contributed by atoms with E-state index in [1.807, 2.05) is 6.92 Å². The first-order valence-electron chi connectivity index (χ1n) is 4.46. The van der Waals surface area contributed by atoms with Crippen LogP contribution < -0.4 is 5.73 Å². The van der Waals surface area contributed by atoms with Crippen LogP contribution in [0.1, 0.15) is 10.7 Å². The molecular weight excluding hydrogens is 214 g/mol. The third-order valence-corrected chi connectivity index (χ3v) is 2.46. The molecule has 0 amide bonds. The molecule has 1 aromatic rings. The van der Waals surface area contributed by atoms with Crippen LogP contribution in [0.15, 0.2) is 5.38 Å². The Balaban J connectivity index is 0.000000364. The van der Waals surface area contributed by atoms with Gasteiger partial charge in [-0.1, -0.05) is 0 Å². The normalized spacial score (nSPS) is 9.86. The summed E-state index contributed by atoms with van der Waals surface area (Å²) >= 11 is 5.52. The second kappa shape index (κ2) is 8.23. The van der Waals surface area contributed by atoms with E-state index >= 15 is 0 Å². The van der Waals surface area contributed by atoms with Gasteiger partial charge in [-0.25, -0.2) is 4.98 Å². The Labute approximate surface area is 95.7 Å². The van der Waals surface area contributed by atoms with Crippen molar-refractivity contribution in [1.82, 2.24) is 9.88 Å². The highest BCUT2D eigenvalue weighted by molar-refractivity contribution is 7.80. The molecule has 0 atom stereocenters. The van der Waals surface area contributed by atoms with E-state index in [1.54, 1.807) is 11.3 Å². The minimum absolute atomic E-state index is 0.684. The van der Waals surface area contributed by atoms with Crippen molar-refractivity contribution in [2.75, 3.05) is 26.4 Å². The molecule has 0 aromatic carbocycles. The van der Waals surface area contributed by atoms with Gasteiger partial charge in [-0.2, -0.15) is 12.6 Å². The van der Waals surface area contributed by atoms with E-state index in [9.17, 15) is 0 Å². The lowest BCUT2D eigenvalue weighted by molar-refractivity contribution is 0.401. The lowest BCUT2D eigenvalue weighted by atomic mass is 10.5. The van der Waals surface area contributed by atoms with Crippen LogP contribution in [0.4, 0.5) is 0 Å². The van der Waals surface area contributed by atoms with Crippen LogP contribution >= 0.6 is 24.0 Å². The third kappa shape index (κ3) is 7.32. The molecule has 1 rings (SSSR count). The van der Waals surface area contributed by atoms with Crippen LogP contribution in [0.5, 0.6) is 0 Å². The van der Waals surface area contributed by atoms with E-state index in [2.05, 4.69) is 42.0 Å². The zero-order chi connectivity index (χ0) is 11.0. The van der Waals surface area contributed by atoms with Crippen molar-refractivity contribution in [3.63, 3.8) is 0 Å². The second-order valence-corrected chi connectivity index (χ2v) is 4.52. The van der Waals surface area contributed by atoms with Crippen LogP contribution in [-0.2, 0) is 6.54 Å². The Morgan fingerprint density at radius 2 is 2.14 bits per heavy atom. The summed E-state index contributed by atoms with van der Waals surface area (Å²) in [7, 11) is 4.10. The SMILES string of the molecule is Cc1csc(CN(C)C)n1.NCCS. The summed E-state index contributed by atoms with van der Waals surface area (Å²) in [6.45, 7) is 3.66. The van der Waals surface area contributed by atoms with Gasteiger partial charge in [-0.3, -0.25) is 0 Å². The predicted octanol–water partition coefficient (Wildman–Crippen LogP) is 1.39. The van der Waals surface area contributed by atoms with Crippen LogP contribution in [0.3, 0.4) is 0 Å². The number of nitrogens with zero attached hydrogens (tertiary/aromatic N) is 2. The number of aryl methyl sites for hydroxylation is 1. The quantitative estimate of drug-likeness (QED) is 0.775. The molecule has 0 unspecified atom stereocenters. The van der Waals surface area contributed by atoms with E-state index in [4.69, 9.17) is 5.73 Å². The van der Waals surface area contributed by atoms with E-state index in [0.717, 1.165) is 18.0 Å². The highest BCUT2D eigenvalue weighted by Gasteiger charge is 1.98. The maximum Gasteiger partial charge on any atom is 0.107 e. The monoisotopic (exact) mass is 233 g/mol. The first-order valence-corrected chi connectivity index (χ1v) is 5.98. The molecule has 82 valence electrons. The third-order valence-electron chi connectivity index (χ3n) is 1.25. The summed E-state index contributed by atoms with van der Waals surface area (Å²) in [5.74, 6) is 0.792.